The second kappa shape index (κ2) is 11.6. The first-order chi connectivity index (χ1) is 24.7. The topological polar surface area (TPSA) is 51.8 Å². The van der Waals surface area contributed by atoms with Gasteiger partial charge in [-0.05, 0) is 70.8 Å². The second-order valence-electron chi connectivity index (χ2n) is 12.4. The molecule has 3 aromatic heterocycles. The van der Waals surface area contributed by atoms with Crippen LogP contribution in [0.5, 0.6) is 0 Å². The van der Waals surface area contributed by atoms with Gasteiger partial charge >= 0.3 is 0 Å². The third-order valence-electron chi connectivity index (χ3n) is 9.34. The average Bonchev–Trinajstić information content (AvgIpc) is 3.76. The van der Waals surface area contributed by atoms with Crippen LogP contribution in [0.2, 0.25) is 0 Å². The Balaban J connectivity index is 1.16. The number of benzene rings is 7. The zero-order valence-electron chi connectivity index (χ0n) is 26.7. The van der Waals surface area contributed by atoms with Gasteiger partial charge in [-0.1, -0.05) is 115 Å². The molecule has 0 aliphatic rings. The number of nitrogens with zero attached hydrogens (tertiary/aromatic N) is 3. The lowest BCUT2D eigenvalue weighted by Gasteiger charge is -2.10. The number of hydrogen-bond acceptors (Lipinski definition) is 5. The van der Waals surface area contributed by atoms with Crippen molar-refractivity contribution in [3.8, 4) is 56.4 Å². The van der Waals surface area contributed by atoms with Crippen LogP contribution in [0.25, 0.3) is 98.5 Å². The first kappa shape index (κ1) is 28.6. The van der Waals surface area contributed by atoms with E-state index in [1.54, 1.807) is 11.3 Å². The number of fused-ring (bicyclic) bond motifs is 6. The lowest BCUT2D eigenvalue weighted by atomic mass is 9.97. The fourth-order valence-corrected chi connectivity index (χ4v) is 8.00. The second-order valence-corrected chi connectivity index (χ2v) is 13.5. The van der Waals surface area contributed by atoms with Gasteiger partial charge in [0.2, 0.25) is 0 Å². The van der Waals surface area contributed by atoms with Crippen LogP contribution in [0.3, 0.4) is 0 Å². The molecule has 0 aliphatic carbocycles. The molecular weight excluding hydrogens is 631 g/mol. The molecule has 5 heteroatoms. The van der Waals surface area contributed by atoms with E-state index in [4.69, 9.17) is 19.4 Å². The molecule has 0 bridgehead atoms. The summed E-state index contributed by atoms with van der Waals surface area (Å²) in [5.74, 6) is 1.87. The van der Waals surface area contributed by atoms with Gasteiger partial charge in [0.25, 0.3) is 0 Å². The first-order valence-electron chi connectivity index (χ1n) is 16.6. The normalized spacial score (nSPS) is 11.6. The van der Waals surface area contributed by atoms with E-state index >= 15 is 0 Å². The molecule has 0 saturated carbocycles. The lowest BCUT2D eigenvalue weighted by molar-refractivity contribution is 0.669. The molecule has 7 aromatic carbocycles. The summed E-state index contributed by atoms with van der Waals surface area (Å²) >= 11 is 1.80. The molecule has 0 N–H and O–H groups in total. The Morgan fingerprint density at radius 2 is 0.960 bits per heavy atom. The minimum absolute atomic E-state index is 0.605. The summed E-state index contributed by atoms with van der Waals surface area (Å²) in [6.07, 6.45) is 0. The van der Waals surface area contributed by atoms with Crippen molar-refractivity contribution in [2.24, 2.45) is 0 Å². The van der Waals surface area contributed by atoms with Crippen LogP contribution in [0.15, 0.2) is 168 Å². The summed E-state index contributed by atoms with van der Waals surface area (Å²) < 4.78 is 8.95. The number of hydrogen-bond donors (Lipinski definition) is 0. The Morgan fingerprint density at radius 1 is 0.360 bits per heavy atom. The minimum Gasteiger partial charge on any atom is -0.456 e. The smallest absolute Gasteiger partial charge is 0.164 e. The van der Waals surface area contributed by atoms with E-state index in [1.807, 2.05) is 48.5 Å². The summed E-state index contributed by atoms with van der Waals surface area (Å²) in [6, 6.07) is 56.9. The van der Waals surface area contributed by atoms with Gasteiger partial charge in [-0.3, -0.25) is 0 Å². The largest absolute Gasteiger partial charge is 0.456 e. The van der Waals surface area contributed by atoms with Crippen molar-refractivity contribution in [2.75, 3.05) is 0 Å². The van der Waals surface area contributed by atoms with Crippen molar-refractivity contribution in [3.05, 3.63) is 164 Å². The number of thiophene rings is 1. The van der Waals surface area contributed by atoms with Crippen molar-refractivity contribution in [3.63, 3.8) is 0 Å². The van der Waals surface area contributed by atoms with E-state index in [2.05, 4.69) is 115 Å². The van der Waals surface area contributed by atoms with Crippen LogP contribution in [-0.2, 0) is 0 Å². The Hall–Kier alpha value is -6.43. The molecular formula is C45H27N3OS. The zero-order chi connectivity index (χ0) is 33.0. The van der Waals surface area contributed by atoms with Crippen LogP contribution in [0.4, 0.5) is 0 Å². The van der Waals surface area contributed by atoms with E-state index < -0.39 is 0 Å². The zero-order valence-corrected chi connectivity index (χ0v) is 27.6. The molecule has 0 aliphatic heterocycles. The van der Waals surface area contributed by atoms with E-state index in [0.717, 1.165) is 49.8 Å². The van der Waals surface area contributed by atoms with Crippen LogP contribution in [-0.4, -0.2) is 15.0 Å². The van der Waals surface area contributed by atoms with Gasteiger partial charge in [0.1, 0.15) is 11.2 Å². The molecule has 3 heterocycles. The van der Waals surface area contributed by atoms with E-state index in [-0.39, 0.29) is 0 Å². The highest BCUT2D eigenvalue weighted by atomic mass is 32.1. The molecule has 234 valence electrons. The van der Waals surface area contributed by atoms with Gasteiger partial charge in [0, 0.05) is 47.6 Å². The van der Waals surface area contributed by atoms with Gasteiger partial charge in [-0.25, -0.2) is 15.0 Å². The van der Waals surface area contributed by atoms with E-state index in [1.165, 1.54) is 31.3 Å². The Morgan fingerprint density at radius 3 is 1.80 bits per heavy atom. The maximum absolute atomic E-state index is 6.44. The van der Waals surface area contributed by atoms with E-state index in [9.17, 15) is 0 Å². The molecule has 0 unspecified atom stereocenters. The fourth-order valence-electron chi connectivity index (χ4n) is 6.91. The Bertz CT molecular complexity index is 2870. The molecule has 0 spiro atoms. The summed E-state index contributed by atoms with van der Waals surface area (Å²) in [6.45, 7) is 0. The van der Waals surface area contributed by atoms with Gasteiger partial charge in [-0.2, -0.15) is 0 Å². The van der Waals surface area contributed by atoms with E-state index in [0.29, 0.717) is 17.5 Å². The standard InChI is InChI=1S/C45H27N3OS/c1-3-11-28(12-4-1)30-15-9-16-31(25-30)32-21-23-38-37(26-32)42-35(18-10-19-39(42)49-38)45-47-43(29-13-5-2-6-14-29)46-44(48-45)33-22-24-41-36(27-33)34-17-7-8-20-40(34)50-41/h1-27H. The van der Waals surface area contributed by atoms with Gasteiger partial charge < -0.3 is 4.42 Å². The molecule has 0 saturated heterocycles. The molecule has 4 nitrogen and oxygen atoms in total. The van der Waals surface area contributed by atoms with Crippen molar-refractivity contribution < 1.29 is 4.42 Å². The quantitative estimate of drug-likeness (QED) is 0.185. The summed E-state index contributed by atoms with van der Waals surface area (Å²) in [5, 5.41) is 4.45. The molecule has 0 atom stereocenters. The maximum atomic E-state index is 6.44. The monoisotopic (exact) mass is 657 g/mol. The van der Waals surface area contributed by atoms with Crippen molar-refractivity contribution in [1.29, 1.82) is 0 Å². The Kier molecular flexibility index (Phi) is 6.64. The van der Waals surface area contributed by atoms with Crippen molar-refractivity contribution in [2.45, 2.75) is 0 Å². The average molecular weight is 658 g/mol. The molecule has 0 radical (unpaired) electrons. The van der Waals surface area contributed by atoms with Crippen molar-refractivity contribution >= 4 is 53.4 Å². The minimum atomic E-state index is 0.605. The molecule has 50 heavy (non-hydrogen) atoms. The predicted molar refractivity (Wildman–Crippen MR) is 207 cm³/mol. The molecule has 0 amide bonds. The highest BCUT2D eigenvalue weighted by molar-refractivity contribution is 7.25. The van der Waals surface area contributed by atoms with Crippen LogP contribution < -0.4 is 0 Å². The van der Waals surface area contributed by atoms with Gasteiger partial charge in [-0.15, -0.1) is 11.3 Å². The molecule has 10 aromatic rings. The lowest BCUT2D eigenvalue weighted by Crippen LogP contribution is -2.00. The van der Waals surface area contributed by atoms with Crippen molar-refractivity contribution in [1.82, 2.24) is 15.0 Å². The summed E-state index contributed by atoms with van der Waals surface area (Å²) in [7, 11) is 0. The first-order valence-corrected chi connectivity index (χ1v) is 17.4. The van der Waals surface area contributed by atoms with Gasteiger partial charge in [0.15, 0.2) is 17.5 Å². The highest BCUT2D eigenvalue weighted by Crippen LogP contribution is 2.40. The number of rotatable bonds is 5. The maximum Gasteiger partial charge on any atom is 0.164 e. The summed E-state index contributed by atoms with van der Waals surface area (Å²) in [5.41, 5.74) is 9.04. The third kappa shape index (κ3) is 4.87. The molecule has 0 fully saturated rings. The van der Waals surface area contributed by atoms with Crippen LogP contribution in [0.1, 0.15) is 0 Å². The third-order valence-corrected chi connectivity index (χ3v) is 10.5. The van der Waals surface area contributed by atoms with Gasteiger partial charge in [0.05, 0.1) is 0 Å². The van der Waals surface area contributed by atoms with Crippen LogP contribution >= 0.6 is 11.3 Å². The predicted octanol–water partition coefficient (Wildman–Crippen LogP) is 12.5. The SMILES string of the molecule is c1ccc(-c2cccc(-c3ccc4oc5cccc(-c6nc(-c7ccccc7)nc(-c7ccc8sc9ccccc9c8c7)n6)c5c4c3)c2)cc1. The number of furan rings is 1. The summed E-state index contributed by atoms with van der Waals surface area (Å²) in [4.78, 5) is 15.3. The fraction of sp³-hybridized carbons (Fsp3) is 0. The number of aromatic nitrogens is 3. The molecule has 10 rings (SSSR count). The highest BCUT2D eigenvalue weighted by Gasteiger charge is 2.19. The Labute approximate surface area is 292 Å². The van der Waals surface area contributed by atoms with Crippen LogP contribution in [0, 0.1) is 0 Å².